The van der Waals surface area contributed by atoms with Crippen molar-refractivity contribution in [3.63, 3.8) is 0 Å². The van der Waals surface area contributed by atoms with Crippen molar-refractivity contribution in [1.82, 2.24) is 4.31 Å². The number of aliphatic hydroxyl groups excluding tert-OH is 1. The summed E-state index contributed by atoms with van der Waals surface area (Å²) in [5.74, 6) is -5.70. The van der Waals surface area contributed by atoms with Gasteiger partial charge >= 0.3 is 0 Å². The first-order chi connectivity index (χ1) is 14.0. The molecule has 1 fully saturated rings. The van der Waals surface area contributed by atoms with Gasteiger partial charge in [-0.15, -0.1) is 0 Å². The molecule has 2 aromatic carbocycles. The Labute approximate surface area is 174 Å². The van der Waals surface area contributed by atoms with Gasteiger partial charge in [0, 0.05) is 11.6 Å². The van der Waals surface area contributed by atoms with Gasteiger partial charge in [-0.05, 0) is 30.3 Å². The summed E-state index contributed by atoms with van der Waals surface area (Å²) in [5, 5.41) is 29.6. The van der Waals surface area contributed by atoms with E-state index in [1.807, 2.05) is 0 Å². The first-order valence-electron chi connectivity index (χ1n) is 8.36. The lowest BCUT2D eigenvalue weighted by molar-refractivity contribution is -0.0651. The van der Waals surface area contributed by atoms with Gasteiger partial charge in [0.15, 0.2) is 17.4 Å². The van der Waals surface area contributed by atoms with Crippen LogP contribution in [0.4, 0.5) is 13.2 Å². The zero-order valence-electron chi connectivity index (χ0n) is 15.0. The summed E-state index contributed by atoms with van der Waals surface area (Å²) >= 11 is 5.78. The molecule has 0 bridgehead atoms. The van der Waals surface area contributed by atoms with E-state index in [9.17, 15) is 37.1 Å². The lowest BCUT2D eigenvalue weighted by atomic mass is 10.0. The Hall–Kier alpha value is -2.36. The molecule has 0 amide bonds. The van der Waals surface area contributed by atoms with Crippen molar-refractivity contribution in [3.05, 3.63) is 58.4 Å². The number of hydrogen-bond acceptors (Lipinski definition) is 6. The van der Waals surface area contributed by atoms with Gasteiger partial charge < -0.3 is 14.9 Å². The number of benzene rings is 2. The van der Waals surface area contributed by atoms with Crippen molar-refractivity contribution in [2.45, 2.75) is 16.6 Å². The molecule has 7 nitrogen and oxygen atoms in total. The van der Waals surface area contributed by atoms with Crippen molar-refractivity contribution in [3.8, 4) is 11.8 Å². The molecule has 0 aromatic heterocycles. The van der Waals surface area contributed by atoms with Gasteiger partial charge in [-0.3, -0.25) is 0 Å². The van der Waals surface area contributed by atoms with Gasteiger partial charge in [-0.25, -0.2) is 17.2 Å². The molecular weight excluding hydrogens is 449 g/mol. The highest BCUT2D eigenvalue weighted by Gasteiger charge is 2.51. The van der Waals surface area contributed by atoms with Crippen molar-refractivity contribution in [1.29, 1.82) is 5.26 Å². The summed E-state index contributed by atoms with van der Waals surface area (Å²) in [6.45, 7) is -2.19. The molecular formula is C18H14ClF3N2O5S. The number of hydrogen-bond donors (Lipinski definition) is 2. The number of ether oxygens (including phenoxy) is 1. The van der Waals surface area contributed by atoms with E-state index in [2.05, 4.69) is 0 Å². The summed E-state index contributed by atoms with van der Waals surface area (Å²) in [4.78, 5) is -0.394. The largest absolute Gasteiger partial charge is 0.483 e. The maximum absolute atomic E-state index is 13.9. The minimum atomic E-state index is -4.36. The van der Waals surface area contributed by atoms with Crippen molar-refractivity contribution >= 4 is 21.6 Å². The number of sulfonamides is 1. The van der Waals surface area contributed by atoms with E-state index in [1.54, 1.807) is 6.07 Å². The number of β-amino-alcohol motifs (C(OH)–C–C–N with tert-alkyl or cyclic N) is 1. The molecule has 160 valence electrons. The van der Waals surface area contributed by atoms with Crippen LogP contribution in [-0.4, -0.2) is 54.3 Å². The molecule has 0 unspecified atom stereocenters. The van der Waals surface area contributed by atoms with Crippen LogP contribution >= 0.6 is 11.6 Å². The van der Waals surface area contributed by atoms with E-state index in [4.69, 9.17) is 16.3 Å². The van der Waals surface area contributed by atoms with Gasteiger partial charge in [0.25, 0.3) is 0 Å². The second kappa shape index (κ2) is 8.05. The smallest absolute Gasteiger partial charge is 0.244 e. The maximum Gasteiger partial charge on any atom is 0.244 e. The van der Waals surface area contributed by atoms with Crippen LogP contribution in [0.15, 0.2) is 35.2 Å². The van der Waals surface area contributed by atoms with Crippen LogP contribution < -0.4 is 4.74 Å². The predicted molar refractivity (Wildman–Crippen MR) is 97.7 cm³/mol. The number of aliphatic hydroxyl groups is 2. The average Bonchev–Trinajstić information content (AvgIpc) is 3.05. The maximum atomic E-state index is 13.9. The Morgan fingerprint density at radius 3 is 2.60 bits per heavy atom. The van der Waals surface area contributed by atoms with Crippen molar-refractivity contribution < 1.29 is 36.5 Å². The van der Waals surface area contributed by atoms with Crippen LogP contribution in [-0.2, 0) is 10.0 Å². The quantitative estimate of drug-likeness (QED) is 0.656. The highest BCUT2D eigenvalue weighted by Crippen LogP contribution is 2.33. The predicted octanol–water partition coefficient (Wildman–Crippen LogP) is 1.80. The summed E-state index contributed by atoms with van der Waals surface area (Å²) in [7, 11) is -4.36. The minimum absolute atomic E-state index is 0.133. The second-order valence-electron chi connectivity index (χ2n) is 6.59. The monoisotopic (exact) mass is 462 g/mol. The van der Waals surface area contributed by atoms with Gasteiger partial charge in [0.05, 0.1) is 18.7 Å². The van der Waals surface area contributed by atoms with E-state index in [0.717, 1.165) is 22.5 Å². The Morgan fingerprint density at radius 1 is 1.27 bits per heavy atom. The zero-order chi connectivity index (χ0) is 22.3. The van der Waals surface area contributed by atoms with E-state index < -0.39 is 69.5 Å². The molecule has 0 spiro atoms. The molecule has 2 aromatic rings. The minimum Gasteiger partial charge on any atom is -0.483 e. The summed E-state index contributed by atoms with van der Waals surface area (Å²) in [5.41, 5.74) is -2.42. The van der Waals surface area contributed by atoms with Crippen LogP contribution in [0.1, 0.15) is 5.56 Å². The molecule has 1 aliphatic rings. The fourth-order valence-electron chi connectivity index (χ4n) is 3.01. The number of rotatable bonds is 5. The van der Waals surface area contributed by atoms with Crippen LogP contribution in [0.3, 0.4) is 0 Å². The molecule has 0 aliphatic carbocycles. The van der Waals surface area contributed by atoms with Crippen LogP contribution in [0.5, 0.6) is 5.75 Å². The van der Waals surface area contributed by atoms with E-state index in [1.165, 1.54) is 6.07 Å². The third-order valence-electron chi connectivity index (χ3n) is 4.64. The van der Waals surface area contributed by atoms with Crippen LogP contribution in [0.25, 0.3) is 0 Å². The Bertz CT molecular complexity index is 1140. The molecule has 1 saturated heterocycles. The lowest BCUT2D eigenvalue weighted by Gasteiger charge is -2.27. The molecule has 0 radical (unpaired) electrons. The zero-order valence-corrected chi connectivity index (χ0v) is 16.6. The van der Waals surface area contributed by atoms with E-state index in [-0.39, 0.29) is 10.6 Å². The molecule has 1 aliphatic heterocycles. The normalized spacial score (nSPS) is 22.1. The summed E-state index contributed by atoms with van der Waals surface area (Å²) < 4.78 is 72.4. The van der Waals surface area contributed by atoms with Crippen molar-refractivity contribution in [2.75, 3.05) is 19.7 Å². The van der Waals surface area contributed by atoms with Crippen molar-refractivity contribution in [2.24, 2.45) is 0 Å². The fourth-order valence-corrected chi connectivity index (χ4v) is 4.81. The first-order valence-corrected chi connectivity index (χ1v) is 10.2. The van der Waals surface area contributed by atoms with Gasteiger partial charge in [0.2, 0.25) is 15.8 Å². The number of nitriles is 1. The summed E-state index contributed by atoms with van der Waals surface area (Å²) in [6.07, 6.45) is -1.52. The molecule has 30 heavy (non-hydrogen) atoms. The summed E-state index contributed by atoms with van der Waals surface area (Å²) in [6, 6.07) is 6.60. The standard InChI is InChI=1S/C18H14ClF3N2O5S/c19-11-1-4-14(10(5-11)6-23)30(27,28)24-7-15(18(26,8-24)9-25)29-13-3-2-12(20)16(21)17(13)22/h1-5,15,25-26H,7-9H2/t15-,18+/m0/s1. The first kappa shape index (κ1) is 22.3. The molecule has 0 saturated carbocycles. The SMILES string of the molecule is N#Cc1cc(Cl)ccc1S(=O)(=O)N1C[C@H](Oc2ccc(F)c(F)c2F)[C@](O)(CO)C1. The second-order valence-corrected chi connectivity index (χ2v) is 8.93. The lowest BCUT2D eigenvalue weighted by Crippen LogP contribution is -2.48. The molecule has 12 heteroatoms. The highest BCUT2D eigenvalue weighted by atomic mass is 35.5. The highest BCUT2D eigenvalue weighted by molar-refractivity contribution is 7.89. The van der Waals surface area contributed by atoms with Crippen LogP contribution in [0, 0.1) is 28.8 Å². The third kappa shape index (κ3) is 3.84. The third-order valence-corrected chi connectivity index (χ3v) is 6.75. The van der Waals surface area contributed by atoms with Gasteiger partial charge in [-0.1, -0.05) is 11.6 Å². The molecule has 2 N–H and O–H groups in total. The molecule has 2 atom stereocenters. The Balaban J connectivity index is 1.95. The van der Waals surface area contributed by atoms with Gasteiger partial charge in [0.1, 0.15) is 22.7 Å². The van der Waals surface area contributed by atoms with Crippen LogP contribution in [0.2, 0.25) is 5.02 Å². The number of nitrogens with zero attached hydrogens (tertiary/aromatic N) is 2. The van der Waals surface area contributed by atoms with Gasteiger partial charge in [-0.2, -0.15) is 14.0 Å². The Kier molecular flexibility index (Phi) is 5.99. The number of halogens is 4. The van der Waals surface area contributed by atoms with E-state index in [0.29, 0.717) is 6.07 Å². The van der Waals surface area contributed by atoms with E-state index >= 15 is 0 Å². The molecule has 3 rings (SSSR count). The Morgan fingerprint density at radius 2 is 1.97 bits per heavy atom. The molecule has 1 heterocycles. The topological polar surface area (TPSA) is 111 Å². The fraction of sp³-hybridized carbons (Fsp3) is 0.278. The average molecular weight is 463 g/mol.